The Bertz CT molecular complexity index is 805. The minimum absolute atomic E-state index is 0.168. The number of ketones is 1. The van der Waals surface area contributed by atoms with Crippen LogP contribution in [0.1, 0.15) is 32.6 Å². The molecule has 2 aromatic carbocycles. The molecule has 22 heavy (non-hydrogen) atoms. The number of nitrogens with zero attached hydrogens (tertiary/aromatic N) is 4. The van der Waals surface area contributed by atoms with Gasteiger partial charge < -0.3 is 0 Å². The Morgan fingerprint density at radius 3 is 1.73 bits per heavy atom. The lowest BCUT2D eigenvalue weighted by molar-refractivity contribution is 0.103. The van der Waals surface area contributed by atoms with Gasteiger partial charge in [0, 0.05) is 16.7 Å². The second-order valence-electron chi connectivity index (χ2n) is 4.34. The van der Waals surface area contributed by atoms with Crippen LogP contribution in [0.3, 0.4) is 0 Å². The standard InChI is InChI=1S/C17H6N4O/c1-21-16-6-13(10-20)5-15(7-16)17(22)14-3-11(8-18)2-12(4-14)9-19/h2-7H. The molecular formula is C17H6N4O. The second-order valence-corrected chi connectivity index (χ2v) is 4.34. The molecule has 0 spiro atoms. The fraction of sp³-hybridized carbons (Fsp3) is 0. The van der Waals surface area contributed by atoms with Gasteiger partial charge in [-0.05, 0) is 36.4 Å². The molecule has 0 bridgehead atoms. The highest BCUT2D eigenvalue weighted by Gasteiger charge is 2.13. The van der Waals surface area contributed by atoms with Gasteiger partial charge in [0.25, 0.3) is 0 Å². The topological polar surface area (TPSA) is 92.8 Å². The molecule has 0 aliphatic rings. The lowest BCUT2D eigenvalue weighted by atomic mass is 9.97. The molecule has 0 N–H and O–H groups in total. The van der Waals surface area contributed by atoms with E-state index in [9.17, 15) is 4.79 Å². The third-order valence-corrected chi connectivity index (χ3v) is 2.89. The first-order valence-electron chi connectivity index (χ1n) is 6.04. The largest absolute Gasteiger partial charge is 0.289 e. The molecule has 5 nitrogen and oxygen atoms in total. The van der Waals surface area contributed by atoms with Crippen LogP contribution >= 0.6 is 0 Å². The van der Waals surface area contributed by atoms with E-state index in [0.717, 1.165) is 0 Å². The third kappa shape index (κ3) is 2.81. The van der Waals surface area contributed by atoms with Crippen molar-refractivity contribution in [3.63, 3.8) is 0 Å². The Kier molecular flexibility index (Phi) is 3.96. The van der Waals surface area contributed by atoms with Crippen LogP contribution in [0.4, 0.5) is 5.69 Å². The van der Waals surface area contributed by atoms with Crippen LogP contribution in [-0.2, 0) is 0 Å². The SMILES string of the molecule is [C-]#[N+]c1cc(C#N)cc(C(=O)c2cc(C#N)cc(C#N)c2)c1. The number of carbonyl (C=O) groups excluding carboxylic acids is 1. The lowest BCUT2D eigenvalue weighted by Gasteiger charge is -2.04. The monoisotopic (exact) mass is 282 g/mol. The third-order valence-electron chi connectivity index (χ3n) is 2.89. The fourth-order valence-electron chi connectivity index (χ4n) is 1.93. The average Bonchev–Trinajstić information content (AvgIpc) is 2.59. The molecule has 2 rings (SSSR count). The summed E-state index contributed by atoms with van der Waals surface area (Å²) >= 11 is 0. The van der Waals surface area contributed by atoms with E-state index in [1.54, 1.807) is 0 Å². The molecule has 0 saturated heterocycles. The molecule has 0 aliphatic carbocycles. The van der Waals surface area contributed by atoms with E-state index in [0.29, 0.717) is 0 Å². The Morgan fingerprint density at radius 2 is 1.27 bits per heavy atom. The fourth-order valence-corrected chi connectivity index (χ4v) is 1.93. The molecular weight excluding hydrogens is 276 g/mol. The zero-order valence-corrected chi connectivity index (χ0v) is 11.2. The number of nitriles is 3. The molecule has 100 valence electrons. The van der Waals surface area contributed by atoms with Crippen molar-refractivity contribution < 1.29 is 4.79 Å². The van der Waals surface area contributed by atoms with Crippen molar-refractivity contribution in [2.75, 3.05) is 0 Å². The van der Waals surface area contributed by atoms with E-state index in [1.807, 2.05) is 18.2 Å². The normalized spacial score (nSPS) is 8.91. The smallest absolute Gasteiger partial charge is 0.191 e. The van der Waals surface area contributed by atoms with Crippen molar-refractivity contribution >= 4 is 11.5 Å². The van der Waals surface area contributed by atoms with Gasteiger partial charge in [0.05, 0.1) is 35.9 Å². The molecule has 5 heteroatoms. The van der Waals surface area contributed by atoms with E-state index in [1.165, 1.54) is 36.4 Å². The first-order valence-corrected chi connectivity index (χ1v) is 6.04. The molecule has 0 fully saturated rings. The molecule has 0 atom stereocenters. The Hall–Kier alpha value is -3.93. The van der Waals surface area contributed by atoms with Crippen molar-refractivity contribution in [1.29, 1.82) is 15.8 Å². The van der Waals surface area contributed by atoms with Crippen molar-refractivity contribution in [3.8, 4) is 18.2 Å². The number of hydrogen-bond donors (Lipinski definition) is 0. The van der Waals surface area contributed by atoms with E-state index in [4.69, 9.17) is 22.4 Å². The molecule has 0 heterocycles. The summed E-state index contributed by atoms with van der Waals surface area (Å²) in [5.41, 5.74) is 1.12. The molecule has 0 amide bonds. The van der Waals surface area contributed by atoms with Crippen LogP contribution < -0.4 is 0 Å². The van der Waals surface area contributed by atoms with Crippen LogP contribution in [0.2, 0.25) is 0 Å². The maximum absolute atomic E-state index is 12.5. The van der Waals surface area contributed by atoms with Crippen LogP contribution in [0, 0.1) is 40.6 Å². The van der Waals surface area contributed by atoms with Gasteiger partial charge in [-0.3, -0.25) is 4.79 Å². The van der Waals surface area contributed by atoms with Crippen molar-refractivity contribution in [2.24, 2.45) is 0 Å². The Morgan fingerprint density at radius 1 is 0.818 bits per heavy atom. The number of benzene rings is 2. The van der Waals surface area contributed by atoms with Gasteiger partial charge in [-0.2, -0.15) is 15.8 Å². The van der Waals surface area contributed by atoms with Crippen molar-refractivity contribution in [2.45, 2.75) is 0 Å². The Balaban J connectivity index is 2.59. The summed E-state index contributed by atoms with van der Waals surface area (Å²) in [5.74, 6) is -0.449. The zero-order chi connectivity index (χ0) is 16.1. The molecule has 0 aromatic heterocycles. The van der Waals surface area contributed by atoms with E-state index in [-0.39, 0.29) is 33.5 Å². The average molecular weight is 282 g/mol. The maximum atomic E-state index is 12.5. The van der Waals surface area contributed by atoms with Gasteiger partial charge in [-0.25, -0.2) is 4.85 Å². The summed E-state index contributed by atoms with van der Waals surface area (Å²) in [5, 5.41) is 26.8. The van der Waals surface area contributed by atoms with Gasteiger partial charge >= 0.3 is 0 Å². The number of hydrogen-bond acceptors (Lipinski definition) is 4. The predicted octanol–water partition coefficient (Wildman–Crippen LogP) is 3.08. The van der Waals surface area contributed by atoms with Crippen molar-refractivity contribution in [3.05, 3.63) is 75.6 Å². The summed E-state index contributed by atoms with van der Waals surface area (Å²) in [6.45, 7) is 7.00. The summed E-state index contributed by atoms with van der Waals surface area (Å²) in [6, 6.07) is 13.9. The van der Waals surface area contributed by atoms with Crippen LogP contribution in [0.5, 0.6) is 0 Å². The van der Waals surface area contributed by atoms with Gasteiger partial charge in [0.2, 0.25) is 0 Å². The highest BCUT2D eigenvalue weighted by atomic mass is 16.1. The van der Waals surface area contributed by atoms with Gasteiger partial charge in [-0.15, -0.1) is 0 Å². The van der Waals surface area contributed by atoms with Crippen LogP contribution in [0.25, 0.3) is 4.85 Å². The minimum Gasteiger partial charge on any atom is -0.289 e. The van der Waals surface area contributed by atoms with E-state index >= 15 is 0 Å². The highest BCUT2D eigenvalue weighted by molar-refractivity contribution is 6.10. The zero-order valence-electron chi connectivity index (χ0n) is 11.2. The summed E-state index contributed by atoms with van der Waals surface area (Å²) < 4.78 is 0. The van der Waals surface area contributed by atoms with Crippen LogP contribution in [-0.4, -0.2) is 5.78 Å². The van der Waals surface area contributed by atoms with Gasteiger partial charge in [0.15, 0.2) is 11.5 Å². The first kappa shape index (κ1) is 14.5. The summed E-state index contributed by atoms with van der Waals surface area (Å²) in [6.07, 6.45) is 0. The lowest BCUT2D eigenvalue weighted by Crippen LogP contribution is -2.03. The van der Waals surface area contributed by atoms with Gasteiger partial charge in [0.1, 0.15) is 0 Å². The number of carbonyl (C=O) groups is 1. The first-order chi connectivity index (χ1) is 10.6. The Labute approximate surface area is 126 Å². The van der Waals surface area contributed by atoms with Gasteiger partial charge in [-0.1, -0.05) is 0 Å². The number of rotatable bonds is 2. The molecule has 2 aromatic rings. The quantitative estimate of drug-likeness (QED) is 0.625. The second kappa shape index (κ2) is 6.02. The predicted molar refractivity (Wildman–Crippen MR) is 76.7 cm³/mol. The molecule has 0 aliphatic heterocycles. The summed E-state index contributed by atoms with van der Waals surface area (Å²) in [7, 11) is 0. The highest BCUT2D eigenvalue weighted by Crippen LogP contribution is 2.21. The summed E-state index contributed by atoms with van der Waals surface area (Å²) in [4.78, 5) is 15.7. The molecule has 0 unspecified atom stereocenters. The van der Waals surface area contributed by atoms with Crippen molar-refractivity contribution in [1.82, 2.24) is 0 Å². The van der Waals surface area contributed by atoms with Crippen LogP contribution in [0.15, 0.2) is 36.4 Å². The molecule has 0 saturated carbocycles. The van der Waals surface area contributed by atoms with E-state index < -0.39 is 5.78 Å². The molecule has 0 radical (unpaired) electrons. The minimum atomic E-state index is -0.449. The maximum Gasteiger partial charge on any atom is 0.191 e. The van der Waals surface area contributed by atoms with E-state index in [2.05, 4.69) is 4.85 Å².